The monoisotopic (exact) mass is 626 g/mol. The Hall–Kier alpha value is -2.55. The summed E-state index contributed by atoms with van der Waals surface area (Å²) < 4.78 is 36.1. The van der Waals surface area contributed by atoms with E-state index < -0.39 is 27.3 Å². The van der Waals surface area contributed by atoms with Gasteiger partial charge in [-0.25, -0.2) is 13.1 Å². The van der Waals surface area contributed by atoms with Gasteiger partial charge in [0.25, 0.3) is 5.91 Å². The predicted molar refractivity (Wildman–Crippen MR) is 170 cm³/mol. The van der Waals surface area contributed by atoms with Gasteiger partial charge in [0, 0.05) is 23.7 Å². The van der Waals surface area contributed by atoms with Gasteiger partial charge in [-0.05, 0) is 110 Å². The number of hydrogen-bond acceptors (Lipinski definition) is 6. The molecule has 9 heteroatoms. The topological polar surface area (TPSA) is 95.9 Å². The van der Waals surface area contributed by atoms with Crippen LogP contribution >= 0.6 is 11.6 Å². The van der Waals surface area contributed by atoms with E-state index in [1.54, 1.807) is 18.2 Å². The van der Waals surface area contributed by atoms with E-state index in [4.69, 9.17) is 16.3 Å². The Bertz CT molecular complexity index is 1470. The van der Waals surface area contributed by atoms with Crippen LogP contribution in [0.5, 0.6) is 5.75 Å². The number of anilines is 1. The number of aliphatic hydroxyl groups excluding tert-OH is 1. The number of rotatable bonds is 2. The standard InChI is InChI=1S/C34H43ClN2O5S/c1-22-5-4-7-31(38)29-14-11-26(29)20-37-16-3-2-6-24-18-28(35)13-10-27(24)21-42-32-15-12-25(19-30(32)37)34(39)36-43(40,41)33(22)17-23-8-9-23/h4-5,10,12-13,15,18-19,22-23,26,29,31,33,38H,2-3,6-9,11,14,16-17,20-21H2,1H3,(H,36,39)/b5-4-/t22?,26?,29?,31-,33?/m0/s1. The van der Waals surface area contributed by atoms with Crippen LogP contribution in [-0.2, 0) is 23.1 Å². The smallest absolute Gasteiger partial charge is 0.264 e. The van der Waals surface area contributed by atoms with Crippen molar-refractivity contribution in [3.63, 3.8) is 0 Å². The second-order valence-electron chi connectivity index (χ2n) is 13.1. The fourth-order valence-corrected chi connectivity index (χ4v) is 8.90. The number of allylic oxidation sites excluding steroid dienone is 1. The lowest BCUT2D eigenvalue weighted by molar-refractivity contribution is 0.0180. The van der Waals surface area contributed by atoms with Crippen LogP contribution in [0.4, 0.5) is 5.69 Å². The molecule has 0 aromatic heterocycles. The molecule has 2 aliphatic heterocycles. The van der Waals surface area contributed by atoms with Gasteiger partial charge in [0.05, 0.1) is 17.0 Å². The lowest BCUT2D eigenvalue weighted by atomic mass is 9.69. The molecule has 2 N–H and O–H groups in total. The summed E-state index contributed by atoms with van der Waals surface area (Å²) in [5.41, 5.74) is 3.35. The molecular formula is C34H43ClN2O5S. The minimum Gasteiger partial charge on any atom is -0.487 e. The zero-order valence-electron chi connectivity index (χ0n) is 24.9. The lowest BCUT2D eigenvalue weighted by Gasteiger charge is -2.43. The highest BCUT2D eigenvalue weighted by atomic mass is 35.5. The fraction of sp³-hybridized carbons (Fsp3) is 0.559. The number of fused-ring (bicyclic) bond motifs is 3. The van der Waals surface area contributed by atoms with E-state index >= 15 is 0 Å². The molecule has 2 aromatic rings. The van der Waals surface area contributed by atoms with Crippen LogP contribution in [-0.4, -0.2) is 43.9 Å². The lowest BCUT2D eigenvalue weighted by Crippen LogP contribution is -2.44. The summed E-state index contributed by atoms with van der Waals surface area (Å²) in [5, 5.41) is 11.2. The number of nitrogens with one attached hydrogen (secondary N) is 1. The van der Waals surface area contributed by atoms with Gasteiger partial charge in [0.2, 0.25) is 10.0 Å². The Kier molecular flexibility index (Phi) is 9.09. The predicted octanol–water partition coefficient (Wildman–Crippen LogP) is 6.27. The number of ether oxygens (including phenoxy) is 1. The van der Waals surface area contributed by atoms with Crippen molar-refractivity contribution in [3.05, 3.63) is 70.3 Å². The van der Waals surface area contributed by atoms with Crippen molar-refractivity contribution in [2.75, 3.05) is 18.0 Å². The summed E-state index contributed by atoms with van der Waals surface area (Å²) in [4.78, 5) is 15.8. The molecule has 2 bridgehead atoms. The summed E-state index contributed by atoms with van der Waals surface area (Å²) in [6.45, 7) is 3.76. The highest BCUT2D eigenvalue weighted by Gasteiger charge is 2.39. The normalized spacial score (nSPS) is 30.3. The molecule has 4 unspecified atom stereocenters. The maximum Gasteiger partial charge on any atom is 0.264 e. The van der Waals surface area contributed by atoms with E-state index in [9.17, 15) is 18.3 Å². The average molecular weight is 627 g/mol. The molecule has 2 saturated carbocycles. The third-order valence-corrected chi connectivity index (χ3v) is 12.1. The molecule has 2 aliphatic carbocycles. The quantitative estimate of drug-likeness (QED) is 0.381. The van der Waals surface area contributed by atoms with Crippen LogP contribution in [0.25, 0.3) is 0 Å². The van der Waals surface area contributed by atoms with Gasteiger partial charge < -0.3 is 14.7 Å². The van der Waals surface area contributed by atoms with E-state index in [-0.39, 0.29) is 11.8 Å². The molecule has 0 radical (unpaired) electrons. The van der Waals surface area contributed by atoms with Crippen LogP contribution in [0, 0.1) is 23.7 Å². The molecule has 1 amide bonds. The number of hydrogen-bond donors (Lipinski definition) is 2. The molecular weight excluding hydrogens is 584 g/mol. The van der Waals surface area contributed by atoms with Gasteiger partial charge >= 0.3 is 0 Å². The number of aliphatic hydroxyl groups is 1. The first-order valence-corrected chi connectivity index (χ1v) is 17.8. The molecule has 43 heavy (non-hydrogen) atoms. The van der Waals surface area contributed by atoms with Crippen LogP contribution in [0.2, 0.25) is 5.02 Å². The average Bonchev–Trinajstić information content (AvgIpc) is 3.78. The molecule has 4 aliphatic rings. The second-order valence-corrected chi connectivity index (χ2v) is 15.4. The van der Waals surface area contributed by atoms with E-state index in [0.717, 1.165) is 69.3 Å². The number of amides is 1. The number of aryl methyl sites for hydroxylation is 1. The van der Waals surface area contributed by atoms with E-state index in [1.807, 2.05) is 37.3 Å². The number of benzene rings is 2. The van der Waals surface area contributed by atoms with Crippen molar-refractivity contribution >= 4 is 33.2 Å². The van der Waals surface area contributed by atoms with Crippen LogP contribution in [0.3, 0.4) is 0 Å². The molecule has 0 saturated heterocycles. The fourth-order valence-electron chi connectivity index (χ4n) is 6.99. The molecule has 6 rings (SSSR count). The number of carbonyl (C=O) groups excluding carboxylic acids is 1. The van der Waals surface area contributed by atoms with Crippen LogP contribution < -0.4 is 14.4 Å². The van der Waals surface area contributed by atoms with Crippen molar-refractivity contribution in [3.8, 4) is 5.75 Å². The Morgan fingerprint density at radius 3 is 2.67 bits per heavy atom. The summed E-state index contributed by atoms with van der Waals surface area (Å²) in [5.74, 6) is 0.639. The Labute approximate surface area is 260 Å². The Morgan fingerprint density at radius 2 is 1.91 bits per heavy atom. The molecule has 5 atom stereocenters. The molecule has 7 nitrogen and oxygen atoms in total. The molecule has 2 aromatic carbocycles. The highest BCUT2D eigenvalue weighted by molar-refractivity contribution is 7.90. The maximum absolute atomic E-state index is 13.6. The zero-order valence-corrected chi connectivity index (χ0v) is 26.5. The summed E-state index contributed by atoms with van der Waals surface area (Å²) >= 11 is 6.32. The van der Waals surface area contributed by atoms with Crippen LogP contribution in [0.15, 0.2) is 48.6 Å². The first-order chi connectivity index (χ1) is 20.7. The second kappa shape index (κ2) is 12.8. The summed E-state index contributed by atoms with van der Waals surface area (Å²) in [6.07, 6.45) is 11.3. The molecule has 232 valence electrons. The third-order valence-electron chi connectivity index (χ3n) is 9.96. The Balaban J connectivity index is 1.37. The van der Waals surface area contributed by atoms with Crippen LogP contribution in [0.1, 0.15) is 79.8 Å². The van der Waals surface area contributed by atoms with Crippen molar-refractivity contribution in [1.82, 2.24) is 4.72 Å². The summed E-state index contributed by atoms with van der Waals surface area (Å²) in [6, 6.07) is 11.1. The van der Waals surface area contributed by atoms with Gasteiger partial charge in [-0.1, -0.05) is 49.6 Å². The number of sulfonamides is 1. The van der Waals surface area contributed by atoms with Crippen molar-refractivity contribution in [2.45, 2.75) is 82.7 Å². The Morgan fingerprint density at radius 1 is 1.07 bits per heavy atom. The van der Waals surface area contributed by atoms with Gasteiger partial charge in [0.15, 0.2) is 0 Å². The first-order valence-electron chi connectivity index (χ1n) is 15.9. The molecule has 2 heterocycles. The molecule has 2 fully saturated rings. The minimum atomic E-state index is -3.94. The largest absolute Gasteiger partial charge is 0.487 e. The van der Waals surface area contributed by atoms with Gasteiger partial charge in [-0.15, -0.1) is 0 Å². The highest BCUT2D eigenvalue weighted by Crippen LogP contribution is 2.42. The zero-order chi connectivity index (χ0) is 30.1. The van der Waals surface area contributed by atoms with E-state index in [0.29, 0.717) is 47.6 Å². The SMILES string of the molecule is CC1/C=C\C[C@H](O)C2CCC2CN2CCCCc3cc(Cl)ccc3COc3ccc(cc32)C(=O)NS(=O)(=O)C1CC1CC1. The maximum atomic E-state index is 13.6. The summed E-state index contributed by atoms with van der Waals surface area (Å²) in [7, 11) is -3.94. The van der Waals surface area contributed by atoms with E-state index in [2.05, 4.69) is 9.62 Å². The van der Waals surface area contributed by atoms with E-state index in [1.165, 1.54) is 5.56 Å². The van der Waals surface area contributed by atoms with Gasteiger partial charge in [-0.3, -0.25) is 4.79 Å². The number of nitrogens with zero attached hydrogens (tertiary/aromatic N) is 1. The number of carbonyl (C=O) groups is 1. The van der Waals surface area contributed by atoms with Crippen molar-refractivity contribution < 1.29 is 23.1 Å². The van der Waals surface area contributed by atoms with Gasteiger partial charge in [0.1, 0.15) is 12.4 Å². The van der Waals surface area contributed by atoms with Crippen molar-refractivity contribution in [2.24, 2.45) is 23.7 Å². The minimum absolute atomic E-state index is 0.180. The molecule has 0 spiro atoms. The van der Waals surface area contributed by atoms with Crippen molar-refractivity contribution in [1.29, 1.82) is 0 Å². The number of halogens is 1. The van der Waals surface area contributed by atoms with Gasteiger partial charge in [-0.2, -0.15) is 0 Å². The third kappa shape index (κ3) is 7.07. The first kappa shape index (κ1) is 30.5.